The minimum absolute atomic E-state index is 0.0846. The topological polar surface area (TPSA) is 66.8 Å². The van der Waals surface area contributed by atoms with E-state index in [1.54, 1.807) is 36.4 Å². The Bertz CT molecular complexity index is 1230. The molecule has 36 heavy (non-hydrogen) atoms. The molecule has 1 aliphatic rings. The lowest BCUT2D eigenvalue weighted by atomic mass is 9.94. The van der Waals surface area contributed by atoms with Gasteiger partial charge in [-0.25, -0.2) is 0 Å². The summed E-state index contributed by atoms with van der Waals surface area (Å²) in [6.45, 7) is 4.84. The van der Waals surface area contributed by atoms with Crippen LogP contribution in [0.1, 0.15) is 62.3 Å². The van der Waals surface area contributed by atoms with E-state index in [9.17, 15) is 14.7 Å². The molecular formula is C31H33NO4. The number of rotatable bonds is 10. The maximum Gasteiger partial charge on any atom is 0.300 e. The SMILES string of the molecule is CCCCCCOc1cccc(N2C(=O)C(=O)C(=C(O)c3ccccc3)[C@@H]2c2ccc(CC)cc2)c1. The van der Waals surface area contributed by atoms with Crippen LogP contribution in [0.3, 0.4) is 0 Å². The lowest BCUT2D eigenvalue weighted by molar-refractivity contribution is -0.132. The van der Waals surface area contributed by atoms with Crippen LogP contribution in [0.2, 0.25) is 0 Å². The van der Waals surface area contributed by atoms with Crippen molar-refractivity contribution in [2.75, 3.05) is 11.5 Å². The van der Waals surface area contributed by atoms with Crippen LogP contribution in [-0.2, 0) is 16.0 Å². The maximum absolute atomic E-state index is 13.4. The number of hydrogen-bond acceptors (Lipinski definition) is 4. The third kappa shape index (κ3) is 5.35. The second kappa shape index (κ2) is 11.7. The first-order valence-electron chi connectivity index (χ1n) is 12.7. The molecule has 5 heteroatoms. The van der Waals surface area contributed by atoms with Crippen molar-refractivity contribution in [3.63, 3.8) is 0 Å². The van der Waals surface area contributed by atoms with Gasteiger partial charge in [0.15, 0.2) is 0 Å². The summed E-state index contributed by atoms with van der Waals surface area (Å²) in [6.07, 6.45) is 5.28. The number of hydrogen-bond donors (Lipinski definition) is 1. The van der Waals surface area contributed by atoms with Gasteiger partial charge in [-0.2, -0.15) is 0 Å². The Hall–Kier alpha value is -3.86. The molecule has 0 spiro atoms. The van der Waals surface area contributed by atoms with Crippen molar-refractivity contribution in [2.24, 2.45) is 0 Å². The van der Waals surface area contributed by atoms with Crippen LogP contribution >= 0.6 is 0 Å². The normalized spacial score (nSPS) is 16.9. The van der Waals surface area contributed by atoms with Gasteiger partial charge in [-0.05, 0) is 36.1 Å². The Kier molecular flexibility index (Phi) is 8.21. The van der Waals surface area contributed by atoms with E-state index < -0.39 is 17.7 Å². The molecule has 0 aromatic heterocycles. The average Bonchev–Trinajstić information content (AvgIpc) is 3.19. The molecule has 0 unspecified atom stereocenters. The van der Waals surface area contributed by atoms with Gasteiger partial charge in [0.2, 0.25) is 0 Å². The molecule has 1 heterocycles. The van der Waals surface area contributed by atoms with Crippen LogP contribution in [-0.4, -0.2) is 23.4 Å². The summed E-state index contributed by atoms with van der Waals surface area (Å²) in [5, 5.41) is 11.2. The van der Waals surface area contributed by atoms with Crippen molar-refractivity contribution in [3.05, 3.63) is 101 Å². The van der Waals surface area contributed by atoms with Crippen molar-refractivity contribution in [1.82, 2.24) is 0 Å². The second-order valence-corrected chi connectivity index (χ2v) is 9.04. The monoisotopic (exact) mass is 483 g/mol. The summed E-state index contributed by atoms with van der Waals surface area (Å²) < 4.78 is 5.95. The predicted octanol–water partition coefficient (Wildman–Crippen LogP) is 6.83. The minimum atomic E-state index is -0.754. The Morgan fingerprint density at radius 3 is 2.33 bits per heavy atom. The number of ketones is 1. The van der Waals surface area contributed by atoms with E-state index in [-0.39, 0.29) is 11.3 Å². The highest BCUT2D eigenvalue weighted by Crippen LogP contribution is 2.42. The molecule has 0 radical (unpaired) electrons. The molecule has 1 amide bonds. The number of aliphatic hydroxyl groups is 1. The molecule has 1 fully saturated rings. The predicted molar refractivity (Wildman–Crippen MR) is 143 cm³/mol. The third-order valence-electron chi connectivity index (χ3n) is 6.56. The number of aliphatic hydroxyl groups excluding tert-OH is 1. The van der Waals surface area contributed by atoms with Gasteiger partial charge in [-0.3, -0.25) is 14.5 Å². The zero-order chi connectivity index (χ0) is 25.5. The number of benzene rings is 3. The summed E-state index contributed by atoms with van der Waals surface area (Å²) in [5.41, 5.74) is 3.04. The maximum atomic E-state index is 13.4. The van der Waals surface area contributed by atoms with E-state index in [0.717, 1.165) is 36.8 Å². The van der Waals surface area contributed by atoms with E-state index >= 15 is 0 Å². The number of anilines is 1. The molecule has 3 aromatic carbocycles. The van der Waals surface area contributed by atoms with Gasteiger partial charge in [0.1, 0.15) is 11.5 Å². The van der Waals surface area contributed by atoms with Gasteiger partial charge < -0.3 is 9.84 Å². The van der Waals surface area contributed by atoms with Crippen LogP contribution in [0.25, 0.3) is 5.76 Å². The smallest absolute Gasteiger partial charge is 0.300 e. The molecule has 4 rings (SSSR count). The molecule has 1 aliphatic heterocycles. The first-order valence-corrected chi connectivity index (χ1v) is 12.7. The molecule has 3 aromatic rings. The highest BCUT2D eigenvalue weighted by molar-refractivity contribution is 6.51. The number of unbranched alkanes of at least 4 members (excludes halogenated alkanes) is 3. The lowest BCUT2D eigenvalue weighted by Crippen LogP contribution is -2.29. The number of nitrogens with zero attached hydrogens (tertiary/aromatic N) is 1. The number of Topliss-reactive ketones (excluding diaryl/α,β-unsaturated/α-hetero) is 1. The number of carbonyl (C=O) groups is 2. The Morgan fingerprint density at radius 1 is 0.889 bits per heavy atom. The fraction of sp³-hybridized carbons (Fsp3) is 0.290. The van der Waals surface area contributed by atoms with Gasteiger partial charge in [0.05, 0.1) is 18.2 Å². The van der Waals surface area contributed by atoms with Gasteiger partial charge in [-0.1, -0.05) is 93.8 Å². The fourth-order valence-corrected chi connectivity index (χ4v) is 4.54. The van der Waals surface area contributed by atoms with Crippen LogP contribution in [0.5, 0.6) is 5.75 Å². The van der Waals surface area contributed by atoms with E-state index in [0.29, 0.717) is 23.6 Å². The van der Waals surface area contributed by atoms with Crippen molar-refractivity contribution >= 4 is 23.1 Å². The van der Waals surface area contributed by atoms with Crippen LogP contribution in [0.4, 0.5) is 5.69 Å². The number of carbonyl (C=O) groups excluding carboxylic acids is 2. The number of aryl methyl sites for hydroxylation is 1. The Balaban J connectivity index is 1.75. The molecule has 0 saturated carbocycles. The third-order valence-corrected chi connectivity index (χ3v) is 6.56. The van der Waals surface area contributed by atoms with Crippen LogP contribution in [0, 0.1) is 0 Å². The molecule has 0 aliphatic carbocycles. The van der Waals surface area contributed by atoms with Gasteiger partial charge in [0.25, 0.3) is 11.7 Å². The Morgan fingerprint density at radius 2 is 1.64 bits per heavy atom. The molecule has 1 N–H and O–H groups in total. The quantitative estimate of drug-likeness (QED) is 0.148. The standard InChI is InChI=1S/C31H33NO4/c1-3-5-6-10-20-36-26-15-11-14-25(21-26)32-28(23-18-16-22(4-2)17-19-23)27(30(34)31(32)35)29(33)24-12-8-7-9-13-24/h7-9,11-19,21,28,33H,3-6,10,20H2,1-2H3/t28-/m0/s1. The largest absolute Gasteiger partial charge is 0.507 e. The average molecular weight is 484 g/mol. The van der Waals surface area contributed by atoms with Gasteiger partial charge in [-0.15, -0.1) is 0 Å². The summed E-state index contributed by atoms with van der Waals surface area (Å²) in [4.78, 5) is 28.2. The molecule has 186 valence electrons. The highest BCUT2D eigenvalue weighted by Gasteiger charge is 2.47. The summed E-state index contributed by atoms with van der Waals surface area (Å²) in [6, 6.07) is 23.2. The van der Waals surface area contributed by atoms with Crippen LogP contribution < -0.4 is 9.64 Å². The molecule has 0 bridgehead atoms. The molecular weight excluding hydrogens is 450 g/mol. The van der Waals surface area contributed by atoms with E-state index in [1.165, 1.54) is 11.3 Å². The second-order valence-electron chi connectivity index (χ2n) is 9.04. The summed E-state index contributed by atoms with van der Waals surface area (Å²) in [7, 11) is 0. The summed E-state index contributed by atoms with van der Waals surface area (Å²) >= 11 is 0. The van der Waals surface area contributed by atoms with Crippen LogP contribution in [0.15, 0.2) is 84.4 Å². The molecule has 1 saturated heterocycles. The minimum Gasteiger partial charge on any atom is -0.507 e. The summed E-state index contributed by atoms with van der Waals surface area (Å²) in [5.74, 6) is -0.901. The van der Waals surface area contributed by atoms with E-state index in [1.807, 2.05) is 42.5 Å². The van der Waals surface area contributed by atoms with E-state index in [4.69, 9.17) is 4.74 Å². The first-order chi connectivity index (χ1) is 17.5. The molecule has 5 nitrogen and oxygen atoms in total. The van der Waals surface area contributed by atoms with Crippen molar-refractivity contribution in [1.29, 1.82) is 0 Å². The highest BCUT2D eigenvalue weighted by atomic mass is 16.5. The van der Waals surface area contributed by atoms with Crippen molar-refractivity contribution in [2.45, 2.75) is 52.0 Å². The number of amides is 1. The number of ether oxygens (including phenoxy) is 1. The van der Waals surface area contributed by atoms with Gasteiger partial charge >= 0.3 is 0 Å². The lowest BCUT2D eigenvalue weighted by Gasteiger charge is -2.26. The zero-order valence-electron chi connectivity index (χ0n) is 20.9. The van der Waals surface area contributed by atoms with Gasteiger partial charge in [0, 0.05) is 17.3 Å². The fourth-order valence-electron chi connectivity index (χ4n) is 4.54. The van der Waals surface area contributed by atoms with Crippen molar-refractivity contribution in [3.8, 4) is 5.75 Å². The van der Waals surface area contributed by atoms with E-state index in [2.05, 4.69) is 13.8 Å². The molecule has 1 atom stereocenters. The zero-order valence-corrected chi connectivity index (χ0v) is 20.9. The first kappa shape index (κ1) is 25.2. The van der Waals surface area contributed by atoms with Crippen molar-refractivity contribution < 1.29 is 19.4 Å². The Labute approximate surface area is 213 Å².